The van der Waals surface area contributed by atoms with E-state index in [0.29, 0.717) is 0 Å². The fourth-order valence-electron chi connectivity index (χ4n) is 1.36. The third-order valence-corrected chi connectivity index (χ3v) is 2.14. The van der Waals surface area contributed by atoms with Crippen molar-refractivity contribution < 1.29 is 4.74 Å². The number of likely N-dealkylation sites (tertiary alicyclic amines) is 1. The van der Waals surface area contributed by atoms with Crippen molar-refractivity contribution in [2.75, 3.05) is 38.6 Å². The van der Waals surface area contributed by atoms with Gasteiger partial charge in [0.2, 0.25) is 0 Å². The van der Waals surface area contributed by atoms with Crippen LogP contribution in [0, 0.1) is 0 Å². The summed E-state index contributed by atoms with van der Waals surface area (Å²) >= 11 is 4.76. The maximum atomic E-state index is 5.30. The molecule has 0 aromatic rings. The van der Waals surface area contributed by atoms with Crippen LogP contribution in [0.15, 0.2) is 0 Å². The van der Waals surface area contributed by atoms with Gasteiger partial charge < -0.3 is 9.64 Å². The van der Waals surface area contributed by atoms with Gasteiger partial charge in [0.25, 0.3) is 0 Å². The van der Waals surface area contributed by atoms with Crippen molar-refractivity contribution in [3.05, 3.63) is 0 Å². The second kappa shape index (κ2) is 5.86. The van der Waals surface area contributed by atoms with Crippen LogP contribution in [0.25, 0.3) is 0 Å². The molecule has 1 heterocycles. The summed E-state index contributed by atoms with van der Waals surface area (Å²) in [5, 5.41) is 0. The molecule has 1 aliphatic rings. The first-order valence-electron chi connectivity index (χ1n) is 4.31. The van der Waals surface area contributed by atoms with Crippen LogP contribution < -0.4 is 0 Å². The van der Waals surface area contributed by atoms with Gasteiger partial charge in [-0.05, 0) is 25.9 Å². The van der Waals surface area contributed by atoms with Gasteiger partial charge in [-0.2, -0.15) is 0 Å². The molecular formula is C8H16NOS. The van der Waals surface area contributed by atoms with Crippen LogP contribution in [-0.4, -0.2) is 43.5 Å². The Bertz CT molecular complexity index is 94.1. The third kappa shape index (κ3) is 3.99. The topological polar surface area (TPSA) is 12.5 Å². The van der Waals surface area contributed by atoms with E-state index in [1.54, 1.807) is 0 Å². The molecule has 0 amide bonds. The zero-order valence-electron chi connectivity index (χ0n) is 6.92. The Morgan fingerprint density at radius 2 is 1.91 bits per heavy atom. The first-order chi connectivity index (χ1) is 5.43. The second-order valence-corrected chi connectivity index (χ2v) is 3.27. The van der Waals surface area contributed by atoms with Crippen LogP contribution in [0.3, 0.4) is 0 Å². The van der Waals surface area contributed by atoms with Crippen LogP contribution in [0.2, 0.25) is 0 Å². The first-order valence-corrected chi connectivity index (χ1v) is 4.89. The van der Waals surface area contributed by atoms with Gasteiger partial charge in [-0.15, -0.1) is 0 Å². The Balaban J connectivity index is 1.86. The molecule has 1 saturated heterocycles. The van der Waals surface area contributed by atoms with E-state index in [0.717, 1.165) is 25.5 Å². The molecule has 1 aliphatic heterocycles. The molecule has 0 N–H and O–H groups in total. The molecule has 0 atom stereocenters. The molecule has 2 nitrogen and oxygen atoms in total. The van der Waals surface area contributed by atoms with E-state index in [4.69, 9.17) is 17.4 Å². The van der Waals surface area contributed by atoms with Crippen LogP contribution in [0.1, 0.15) is 12.8 Å². The summed E-state index contributed by atoms with van der Waals surface area (Å²) in [6.45, 7) is 5.21. The summed E-state index contributed by atoms with van der Waals surface area (Å²) in [5.74, 6) is 0.722. The lowest BCUT2D eigenvalue weighted by atomic mass is 10.4. The Morgan fingerprint density at radius 3 is 2.55 bits per heavy atom. The lowest BCUT2D eigenvalue weighted by Crippen LogP contribution is -2.24. The van der Waals surface area contributed by atoms with Crippen molar-refractivity contribution in [3.8, 4) is 0 Å². The fourth-order valence-corrected chi connectivity index (χ4v) is 1.48. The molecule has 0 bridgehead atoms. The molecule has 0 unspecified atom stereocenters. The Morgan fingerprint density at radius 1 is 1.18 bits per heavy atom. The van der Waals surface area contributed by atoms with Crippen LogP contribution >= 0.6 is 12.6 Å². The summed E-state index contributed by atoms with van der Waals surface area (Å²) in [5.41, 5.74) is 0. The SMILES string of the molecule is [S]CCOCCN1CCCC1. The zero-order chi connectivity index (χ0) is 7.94. The monoisotopic (exact) mass is 174 g/mol. The van der Waals surface area contributed by atoms with Gasteiger partial charge in [0.15, 0.2) is 0 Å². The average molecular weight is 174 g/mol. The molecule has 0 saturated carbocycles. The van der Waals surface area contributed by atoms with E-state index < -0.39 is 0 Å². The maximum Gasteiger partial charge on any atom is 0.0593 e. The fraction of sp³-hybridized carbons (Fsp3) is 1.00. The molecule has 0 aromatic heterocycles. The Hall–Kier alpha value is 0.270. The minimum atomic E-state index is 0.722. The molecule has 11 heavy (non-hydrogen) atoms. The quantitative estimate of drug-likeness (QED) is 0.582. The van der Waals surface area contributed by atoms with Crippen molar-refractivity contribution in [3.63, 3.8) is 0 Å². The molecule has 1 fully saturated rings. The molecule has 0 spiro atoms. The highest BCUT2D eigenvalue weighted by molar-refractivity contribution is 7.80. The van der Waals surface area contributed by atoms with Crippen molar-refractivity contribution in [1.82, 2.24) is 4.90 Å². The van der Waals surface area contributed by atoms with E-state index >= 15 is 0 Å². The predicted molar refractivity (Wildman–Crippen MR) is 49.0 cm³/mol. The van der Waals surface area contributed by atoms with Gasteiger partial charge >= 0.3 is 0 Å². The van der Waals surface area contributed by atoms with Gasteiger partial charge in [0, 0.05) is 12.3 Å². The minimum absolute atomic E-state index is 0.722. The van der Waals surface area contributed by atoms with Gasteiger partial charge in [0.1, 0.15) is 0 Å². The molecule has 3 heteroatoms. The van der Waals surface area contributed by atoms with E-state index in [1.807, 2.05) is 0 Å². The number of ether oxygens (including phenoxy) is 1. The van der Waals surface area contributed by atoms with E-state index in [9.17, 15) is 0 Å². The molecule has 0 aliphatic carbocycles. The largest absolute Gasteiger partial charge is 0.379 e. The van der Waals surface area contributed by atoms with Crippen molar-refractivity contribution in [2.24, 2.45) is 0 Å². The lowest BCUT2D eigenvalue weighted by Gasteiger charge is -2.13. The molecule has 1 radical (unpaired) electrons. The second-order valence-electron chi connectivity index (χ2n) is 2.87. The predicted octanol–water partition coefficient (Wildman–Crippen LogP) is 1.30. The summed E-state index contributed by atoms with van der Waals surface area (Å²) in [4.78, 5) is 2.45. The summed E-state index contributed by atoms with van der Waals surface area (Å²) < 4.78 is 5.30. The number of nitrogens with zero attached hydrogens (tertiary/aromatic N) is 1. The van der Waals surface area contributed by atoms with Gasteiger partial charge in [-0.3, -0.25) is 0 Å². The first kappa shape index (κ1) is 9.36. The van der Waals surface area contributed by atoms with Crippen LogP contribution in [0.5, 0.6) is 0 Å². The Labute approximate surface area is 74.3 Å². The molecule has 1 rings (SSSR count). The highest BCUT2D eigenvalue weighted by Crippen LogP contribution is 2.05. The Kier molecular flexibility index (Phi) is 4.99. The highest BCUT2D eigenvalue weighted by Gasteiger charge is 2.09. The molecular weight excluding hydrogens is 158 g/mol. The van der Waals surface area contributed by atoms with Gasteiger partial charge in [-0.1, -0.05) is 12.6 Å². The minimum Gasteiger partial charge on any atom is -0.379 e. The summed E-state index contributed by atoms with van der Waals surface area (Å²) in [6, 6.07) is 0. The number of hydrogen-bond donors (Lipinski definition) is 0. The molecule has 65 valence electrons. The number of hydrogen-bond acceptors (Lipinski definition) is 2. The standard InChI is InChI=1S/C8H16NOS/c11-8-7-10-6-5-9-3-1-2-4-9/h1-8H2. The van der Waals surface area contributed by atoms with E-state index in [2.05, 4.69) is 4.90 Å². The maximum absolute atomic E-state index is 5.30. The highest BCUT2D eigenvalue weighted by atomic mass is 32.1. The van der Waals surface area contributed by atoms with Crippen molar-refractivity contribution in [1.29, 1.82) is 0 Å². The van der Waals surface area contributed by atoms with E-state index in [-0.39, 0.29) is 0 Å². The summed E-state index contributed by atoms with van der Waals surface area (Å²) in [7, 11) is 0. The zero-order valence-corrected chi connectivity index (χ0v) is 7.74. The van der Waals surface area contributed by atoms with Crippen molar-refractivity contribution in [2.45, 2.75) is 12.8 Å². The van der Waals surface area contributed by atoms with Crippen molar-refractivity contribution >= 4 is 12.6 Å². The van der Waals surface area contributed by atoms with Crippen LogP contribution in [-0.2, 0) is 4.74 Å². The van der Waals surface area contributed by atoms with Crippen LogP contribution in [0.4, 0.5) is 0 Å². The average Bonchev–Trinajstić information content (AvgIpc) is 2.50. The summed E-state index contributed by atoms with van der Waals surface area (Å²) in [6.07, 6.45) is 2.72. The third-order valence-electron chi connectivity index (χ3n) is 1.98. The lowest BCUT2D eigenvalue weighted by molar-refractivity contribution is 0.124. The smallest absolute Gasteiger partial charge is 0.0593 e. The van der Waals surface area contributed by atoms with Gasteiger partial charge in [0.05, 0.1) is 13.2 Å². The number of rotatable bonds is 5. The van der Waals surface area contributed by atoms with Gasteiger partial charge in [-0.25, -0.2) is 0 Å². The normalized spacial score (nSPS) is 19.4. The molecule has 0 aromatic carbocycles. The van der Waals surface area contributed by atoms with E-state index in [1.165, 1.54) is 25.9 Å².